The largest absolute Gasteiger partial charge is 0.453 e. The van der Waals surface area contributed by atoms with Gasteiger partial charge >= 0.3 is 6.09 Å². The Balaban J connectivity index is 2.25. The number of aryl methyl sites for hydroxylation is 1. The van der Waals surface area contributed by atoms with E-state index in [-0.39, 0.29) is 0 Å². The van der Waals surface area contributed by atoms with Gasteiger partial charge in [-0.2, -0.15) is 0 Å². The summed E-state index contributed by atoms with van der Waals surface area (Å²) < 4.78 is 4.53. The summed E-state index contributed by atoms with van der Waals surface area (Å²) in [5.74, 6) is 0.853. The van der Waals surface area contributed by atoms with E-state index in [9.17, 15) is 4.79 Å². The first-order valence-corrected chi connectivity index (χ1v) is 5.16. The summed E-state index contributed by atoms with van der Waals surface area (Å²) in [6.45, 7) is 1.89. The van der Waals surface area contributed by atoms with Crippen molar-refractivity contribution in [1.29, 1.82) is 0 Å². The number of ether oxygens (including phenoxy) is 1. The highest BCUT2D eigenvalue weighted by atomic mass is 16.5. The van der Waals surface area contributed by atoms with Gasteiger partial charge < -0.3 is 9.72 Å². The first-order valence-electron chi connectivity index (χ1n) is 5.16. The van der Waals surface area contributed by atoms with E-state index in [1.807, 2.05) is 25.1 Å². The Morgan fingerprint density at radius 3 is 2.94 bits per heavy atom. The Hall–Kier alpha value is -2.30. The van der Waals surface area contributed by atoms with Crippen molar-refractivity contribution in [3.63, 3.8) is 0 Å². The third-order valence-electron chi connectivity index (χ3n) is 2.31. The van der Waals surface area contributed by atoms with Crippen molar-refractivity contribution in [2.45, 2.75) is 6.92 Å². The molecular weight excluding hydrogens is 218 g/mol. The molecule has 0 fully saturated rings. The van der Waals surface area contributed by atoms with Gasteiger partial charge in [-0.15, -0.1) is 0 Å². The van der Waals surface area contributed by atoms with Gasteiger partial charge in [0.15, 0.2) is 0 Å². The maximum absolute atomic E-state index is 11.1. The van der Waals surface area contributed by atoms with Gasteiger partial charge in [0.05, 0.1) is 19.0 Å². The lowest BCUT2D eigenvalue weighted by atomic mass is 10.1. The molecule has 1 aromatic heterocycles. The minimum Gasteiger partial charge on any atom is -0.453 e. The number of nitrogens with one attached hydrogen (secondary N) is 2. The molecule has 2 N–H and O–H groups in total. The Morgan fingerprint density at radius 1 is 1.47 bits per heavy atom. The van der Waals surface area contributed by atoms with Gasteiger partial charge in [-0.3, -0.25) is 5.32 Å². The Labute approximate surface area is 98.8 Å². The van der Waals surface area contributed by atoms with Crippen LogP contribution >= 0.6 is 0 Å². The first kappa shape index (κ1) is 11.2. The van der Waals surface area contributed by atoms with Crippen LogP contribution in [0.3, 0.4) is 0 Å². The van der Waals surface area contributed by atoms with E-state index in [1.54, 1.807) is 12.3 Å². The number of hydrogen-bond donors (Lipinski definition) is 2. The van der Waals surface area contributed by atoms with E-state index in [1.165, 1.54) is 7.11 Å². The van der Waals surface area contributed by atoms with Crippen molar-refractivity contribution in [2.75, 3.05) is 12.4 Å². The molecule has 5 nitrogen and oxygen atoms in total. The number of aromatic nitrogens is 2. The number of H-pyrrole nitrogens is 1. The smallest absolute Gasteiger partial charge is 0.411 e. The number of carbonyl (C=O) groups is 1. The van der Waals surface area contributed by atoms with Crippen molar-refractivity contribution in [3.05, 3.63) is 36.3 Å². The Bertz CT molecular complexity index is 534. The van der Waals surface area contributed by atoms with Gasteiger partial charge in [-0.1, -0.05) is 12.1 Å². The third-order valence-corrected chi connectivity index (χ3v) is 2.31. The summed E-state index contributed by atoms with van der Waals surface area (Å²) in [4.78, 5) is 18.3. The minimum absolute atomic E-state index is 0.483. The van der Waals surface area contributed by atoms with Crippen molar-refractivity contribution in [2.24, 2.45) is 0 Å². The lowest BCUT2D eigenvalue weighted by Gasteiger charge is -2.05. The number of imidazole rings is 1. The average Bonchev–Trinajstić information content (AvgIpc) is 2.76. The zero-order valence-corrected chi connectivity index (χ0v) is 9.65. The van der Waals surface area contributed by atoms with Crippen molar-refractivity contribution in [3.8, 4) is 11.3 Å². The quantitative estimate of drug-likeness (QED) is 0.834. The molecule has 1 amide bonds. The highest BCUT2D eigenvalue weighted by Crippen LogP contribution is 2.20. The first-order chi connectivity index (χ1) is 8.19. The Morgan fingerprint density at radius 2 is 2.29 bits per heavy atom. The van der Waals surface area contributed by atoms with E-state index in [4.69, 9.17) is 0 Å². The second-order valence-electron chi connectivity index (χ2n) is 3.58. The highest BCUT2D eigenvalue weighted by molar-refractivity contribution is 5.85. The second-order valence-corrected chi connectivity index (χ2v) is 3.58. The predicted molar refractivity (Wildman–Crippen MR) is 64.8 cm³/mol. The van der Waals surface area contributed by atoms with Gasteiger partial charge in [-0.25, -0.2) is 9.78 Å². The molecule has 88 valence electrons. The topological polar surface area (TPSA) is 67.0 Å². The number of aromatic amines is 1. The number of amides is 1. The summed E-state index contributed by atoms with van der Waals surface area (Å²) >= 11 is 0. The highest BCUT2D eigenvalue weighted by Gasteiger charge is 2.04. The van der Waals surface area contributed by atoms with Crippen molar-refractivity contribution >= 4 is 11.8 Å². The molecule has 0 radical (unpaired) electrons. The fraction of sp³-hybridized carbons (Fsp3) is 0.167. The predicted octanol–water partition coefficient (Wildman–Crippen LogP) is 2.56. The Kier molecular flexibility index (Phi) is 3.09. The molecule has 0 saturated carbocycles. The van der Waals surface area contributed by atoms with Crippen LogP contribution in [0.4, 0.5) is 10.5 Å². The van der Waals surface area contributed by atoms with Crippen LogP contribution in [0.5, 0.6) is 0 Å². The van der Waals surface area contributed by atoms with E-state index in [0.29, 0.717) is 5.69 Å². The molecule has 2 rings (SSSR count). The van der Waals surface area contributed by atoms with Crippen LogP contribution in [0.15, 0.2) is 30.5 Å². The lowest BCUT2D eigenvalue weighted by Crippen LogP contribution is -2.10. The third kappa shape index (κ3) is 2.63. The number of benzene rings is 1. The van der Waals surface area contributed by atoms with Crippen LogP contribution in [0.1, 0.15) is 5.82 Å². The molecule has 0 spiro atoms. The molecule has 2 aromatic rings. The van der Waals surface area contributed by atoms with Gasteiger partial charge in [-0.05, 0) is 19.1 Å². The van der Waals surface area contributed by atoms with Crippen LogP contribution in [0.25, 0.3) is 11.3 Å². The van der Waals surface area contributed by atoms with Crippen LogP contribution in [-0.2, 0) is 4.74 Å². The van der Waals surface area contributed by atoms with Gasteiger partial charge in [0.2, 0.25) is 0 Å². The van der Waals surface area contributed by atoms with Crippen molar-refractivity contribution in [1.82, 2.24) is 9.97 Å². The van der Waals surface area contributed by atoms with Crippen LogP contribution in [0.2, 0.25) is 0 Å². The SMILES string of the molecule is COC(=O)Nc1cccc(-c2cnc(C)[nH]2)c1. The van der Waals surface area contributed by atoms with Crippen LogP contribution in [-0.4, -0.2) is 23.2 Å². The van der Waals surface area contributed by atoms with Gasteiger partial charge in [0.25, 0.3) is 0 Å². The molecule has 1 heterocycles. The monoisotopic (exact) mass is 231 g/mol. The molecule has 0 atom stereocenters. The molecule has 0 unspecified atom stereocenters. The average molecular weight is 231 g/mol. The van der Waals surface area contributed by atoms with Crippen molar-refractivity contribution < 1.29 is 9.53 Å². The maximum atomic E-state index is 11.1. The zero-order valence-electron chi connectivity index (χ0n) is 9.65. The summed E-state index contributed by atoms with van der Waals surface area (Å²) in [5.41, 5.74) is 2.55. The molecule has 1 aromatic carbocycles. The normalized spacial score (nSPS) is 10.0. The molecule has 0 saturated heterocycles. The fourth-order valence-electron chi connectivity index (χ4n) is 1.50. The molecule has 0 aliphatic heterocycles. The van der Waals surface area contributed by atoms with E-state index < -0.39 is 6.09 Å². The fourth-order valence-corrected chi connectivity index (χ4v) is 1.50. The number of nitrogens with zero attached hydrogens (tertiary/aromatic N) is 1. The lowest BCUT2D eigenvalue weighted by molar-refractivity contribution is 0.187. The zero-order chi connectivity index (χ0) is 12.3. The minimum atomic E-state index is -0.483. The molecular formula is C12H13N3O2. The van der Waals surface area contributed by atoms with Gasteiger partial charge in [0, 0.05) is 11.3 Å². The number of hydrogen-bond acceptors (Lipinski definition) is 3. The summed E-state index contributed by atoms with van der Waals surface area (Å²) in [7, 11) is 1.33. The van der Waals surface area contributed by atoms with E-state index in [2.05, 4.69) is 20.0 Å². The molecule has 0 aliphatic carbocycles. The maximum Gasteiger partial charge on any atom is 0.411 e. The molecule has 0 bridgehead atoms. The number of methoxy groups -OCH3 is 1. The van der Waals surface area contributed by atoms with Crippen LogP contribution in [0, 0.1) is 6.92 Å². The summed E-state index contributed by atoms with van der Waals surface area (Å²) in [5, 5.41) is 2.61. The molecule has 17 heavy (non-hydrogen) atoms. The van der Waals surface area contributed by atoms with Gasteiger partial charge in [0.1, 0.15) is 5.82 Å². The standard InChI is InChI=1S/C12H13N3O2/c1-8-13-7-11(14-8)9-4-3-5-10(6-9)15-12(16)17-2/h3-7H,1-2H3,(H,13,14)(H,15,16). The summed E-state index contributed by atoms with van der Waals surface area (Å²) in [6, 6.07) is 7.44. The number of carbonyl (C=O) groups excluding carboxylic acids is 1. The van der Waals surface area contributed by atoms with Crippen LogP contribution < -0.4 is 5.32 Å². The summed E-state index contributed by atoms with van der Waals surface area (Å²) in [6.07, 6.45) is 1.27. The second kappa shape index (κ2) is 4.69. The molecule has 5 heteroatoms. The number of rotatable bonds is 2. The van der Waals surface area contributed by atoms with E-state index in [0.717, 1.165) is 17.1 Å². The number of anilines is 1. The van der Waals surface area contributed by atoms with E-state index >= 15 is 0 Å². The molecule has 0 aliphatic rings.